The van der Waals surface area contributed by atoms with Crippen LogP contribution in [0.1, 0.15) is 10.4 Å². The highest BCUT2D eigenvalue weighted by molar-refractivity contribution is 6.09. The molecule has 0 saturated carbocycles. The number of carbonyl (C=O) groups excluding carboxylic acids is 1. The molecule has 0 fully saturated rings. The summed E-state index contributed by atoms with van der Waals surface area (Å²) in [5.41, 5.74) is 2.72. The molecule has 4 heteroatoms. The van der Waals surface area contributed by atoms with Gasteiger partial charge in [0.25, 0.3) is 8.05 Å². The molecule has 0 atom stereocenters. The number of benzene rings is 2. The molecular formula is C14H10BNO2. The van der Waals surface area contributed by atoms with Gasteiger partial charge in [0.15, 0.2) is 0 Å². The highest BCUT2D eigenvalue weighted by Gasteiger charge is 2.09. The van der Waals surface area contributed by atoms with Crippen molar-refractivity contribution in [2.45, 2.75) is 6.73 Å². The minimum Gasteiger partial charge on any atom is -0.431 e. The molecule has 1 aromatic heterocycles. The fourth-order valence-electron chi connectivity index (χ4n) is 2.36. The van der Waals surface area contributed by atoms with Gasteiger partial charge in [-0.2, -0.15) is 0 Å². The minimum absolute atomic E-state index is 0.282. The maximum atomic E-state index is 10.9. The lowest BCUT2D eigenvalue weighted by Crippen LogP contribution is -1.99. The van der Waals surface area contributed by atoms with E-state index in [0.717, 1.165) is 28.1 Å². The molecule has 3 aromatic rings. The smallest absolute Gasteiger partial charge is 0.285 e. The Morgan fingerprint density at radius 1 is 1.11 bits per heavy atom. The number of rotatable bonds is 3. The third-order valence-corrected chi connectivity index (χ3v) is 3.14. The van der Waals surface area contributed by atoms with E-state index in [1.54, 1.807) is 6.07 Å². The van der Waals surface area contributed by atoms with Gasteiger partial charge in [-0.1, -0.05) is 18.2 Å². The van der Waals surface area contributed by atoms with E-state index in [-0.39, 0.29) is 6.73 Å². The second-order valence-electron chi connectivity index (χ2n) is 4.14. The summed E-state index contributed by atoms with van der Waals surface area (Å²) in [6.45, 7) is 0.282. The molecule has 2 aromatic carbocycles. The molecule has 2 radical (unpaired) electrons. The fourth-order valence-corrected chi connectivity index (χ4v) is 2.36. The first-order chi connectivity index (χ1) is 8.85. The first-order valence-electron chi connectivity index (χ1n) is 5.63. The molecule has 0 aliphatic heterocycles. The highest BCUT2D eigenvalue weighted by atomic mass is 16.4. The number of hydrogen-bond acceptors (Lipinski definition) is 2. The van der Waals surface area contributed by atoms with Gasteiger partial charge in [-0.25, -0.2) is 0 Å². The molecule has 0 bridgehead atoms. The zero-order valence-electron chi connectivity index (χ0n) is 9.67. The van der Waals surface area contributed by atoms with Gasteiger partial charge >= 0.3 is 0 Å². The monoisotopic (exact) mass is 235 g/mol. The largest absolute Gasteiger partial charge is 0.431 e. The van der Waals surface area contributed by atoms with Gasteiger partial charge in [0.1, 0.15) is 13.0 Å². The second kappa shape index (κ2) is 4.31. The van der Waals surface area contributed by atoms with Crippen LogP contribution < -0.4 is 0 Å². The molecule has 0 aliphatic rings. The van der Waals surface area contributed by atoms with E-state index in [1.165, 1.54) is 0 Å². The SMILES string of the molecule is [B]OCn1c2ccccc2c2cc(C=O)ccc21. The molecule has 3 nitrogen and oxygen atoms in total. The van der Waals surface area contributed by atoms with Crippen LogP contribution in [0.2, 0.25) is 0 Å². The first kappa shape index (κ1) is 11.0. The van der Waals surface area contributed by atoms with Crippen molar-refractivity contribution in [3.63, 3.8) is 0 Å². The quantitative estimate of drug-likeness (QED) is 0.516. The van der Waals surface area contributed by atoms with Gasteiger partial charge in [-0.15, -0.1) is 0 Å². The summed E-state index contributed by atoms with van der Waals surface area (Å²) in [7, 11) is 5.18. The van der Waals surface area contributed by atoms with Crippen molar-refractivity contribution in [3.05, 3.63) is 48.0 Å². The number of fused-ring (bicyclic) bond motifs is 3. The van der Waals surface area contributed by atoms with Crippen LogP contribution >= 0.6 is 0 Å². The lowest BCUT2D eigenvalue weighted by atomic mass is 10.1. The van der Waals surface area contributed by atoms with Crippen molar-refractivity contribution in [2.24, 2.45) is 0 Å². The number of aromatic nitrogens is 1. The average molecular weight is 235 g/mol. The third-order valence-electron chi connectivity index (χ3n) is 3.14. The second-order valence-corrected chi connectivity index (χ2v) is 4.14. The number of carbonyl (C=O) groups is 1. The molecule has 0 N–H and O–H groups in total. The number of aldehydes is 1. The molecule has 1 heterocycles. The fraction of sp³-hybridized carbons (Fsp3) is 0.0714. The van der Waals surface area contributed by atoms with Gasteiger partial charge in [-0.05, 0) is 24.3 Å². The number of para-hydroxylation sites is 1. The van der Waals surface area contributed by atoms with Crippen LogP contribution in [-0.2, 0) is 11.4 Å². The summed E-state index contributed by atoms with van der Waals surface area (Å²) < 4.78 is 6.74. The molecule has 0 amide bonds. The molecule has 86 valence electrons. The molecule has 18 heavy (non-hydrogen) atoms. The Hall–Kier alpha value is -2.07. The van der Waals surface area contributed by atoms with Gasteiger partial charge in [0, 0.05) is 16.3 Å². The van der Waals surface area contributed by atoms with Gasteiger partial charge in [0.2, 0.25) is 0 Å². The Kier molecular flexibility index (Phi) is 2.65. The van der Waals surface area contributed by atoms with E-state index < -0.39 is 0 Å². The molecule has 3 rings (SSSR count). The minimum atomic E-state index is 0.282. The number of nitrogens with zero attached hydrogens (tertiary/aromatic N) is 1. The Morgan fingerprint density at radius 2 is 1.89 bits per heavy atom. The zero-order chi connectivity index (χ0) is 12.5. The van der Waals surface area contributed by atoms with Crippen LogP contribution in [0.15, 0.2) is 42.5 Å². The van der Waals surface area contributed by atoms with Gasteiger partial charge < -0.3 is 9.22 Å². The van der Waals surface area contributed by atoms with E-state index in [2.05, 4.69) is 0 Å². The normalized spacial score (nSPS) is 11.1. The zero-order valence-corrected chi connectivity index (χ0v) is 9.67. The average Bonchev–Trinajstić information content (AvgIpc) is 2.74. The van der Waals surface area contributed by atoms with Crippen LogP contribution in [-0.4, -0.2) is 18.9 Å². The van der Waals surface area contributed by atoms with E-state index in [9.17, 15) is 4.79 Å². The van der Waals surface area contributed by atoms with Crippen molar-refractivity contribution >= 4 is 36.1 Å². The summed E-state index contributed by atoms with van der Waals surface area (Å²) in [6.07, 6.45) is 0.852. The Morgan fingerprint density at radius 3 is 2.67 bits per heavy atom. The van der Waals surface area contributed by atoms with Gasteiger partial charge in [0.05, 0.1) is 11.0 Å². The van der Waals surface area contributed by atoms with E-state index in [0.29, 0.717) is 5.56 Å². The maximum absolute atomic E-state index is 10.9. The van der Waals surface area contributed by atoms with E-state index in [1.807, 2.05) is 41.0 Å². The van der Waals surface area contributed by atoms with Crippen molar-refractivity contribution in [3.8, 4) is 0 Å². The van der Waals surface area contributed by atoms with Crippen molar-refractivity contribution in [2.75, 3.05) is 0 Å². The summed E-state index contributed by atoms with van der Waals surface area (Å²) in [5.74, 6) is 0. The van der Waals surface area contributed by atoms with Crippen LogP contribution in [0.25, 0.3) is 21.8 Å². The Labute approximate surface area is 105 Å². The standard InChI is InChI=1S/C14H10BNO2/c15-18-9-16-13-4-2-1-3-11(13)12-7-10(8-17)5-6-14(12)16/h1-8H,9H2. The van der Waals surface area contributed by atoms with Crippen molar-refractivity contribution in [1.82, 2.24) is 4.57 Å². The lowest BCUT2D eigenvalue weighted by Gasteiger charge is -2.05. The summed E-state index contributed by atoms with van der Waals surface area (Å²) in [6, 6.07) is 13.6. The molecular weight excluding hydrogens is 225 g/mol. The third kappa shape index (κ3) is 1.54. The summed E-state index contributed by atoms with van der Waals surface area (Å²) in [4.78, 5) is 10.9. The molecule has 0 saturated heterocycles. The lowest BCUT2D eigenvalue weighted by molar-refractivity contribution is 0.112. The Balaban J connectivity index is 2.45. The summed E-state index contributed by atoms with van der Waals surface area (Å²) >= 11 is 0. The maximum Gasteiger partial charge on any atom is 0.285 e. The predicted octanol–water partition coefficient (Wildman–Crippen LogP) is 2.66. The Bertz CT molecular complexity index is 733. The van der Waals surface area contributed by atoms with Crippen LogP contribution in [0.4, 0.5) is 0 Å². The molecule has 0 unspecified atom stereocenters. The molecule has 0 spiro atoms. The summed E-state index contributed by atoms with van der Waals surface area (Å²) in [5, 5.41) is 2.13. The van der Waals surface area contributed by atoms with Crippen molar-refractivity contribution < 1.29 is 9.45 Å². The van der Waals surface area contributed by atoms with Crippen LogP contribution in [0.3, 0.4) is 0 Å². The van der Waals surface area contributed by atoms with E-state index in [4.69, 9.17) is 12.7 Å². The van der Waals surface area contributed by atoms with Gasteiger partial charge in [-0.3, -0.25) is 4.79 Å². The molecule has 0 aliphatic carbocycles. The van der Waals surface area contributed by atoms with Crippen molar-refractivity contribution in [1.29, 1.82) is 0 Å². The van der Waals surface area contributed by atoms with E-state index >= 15 is 0 Å². The highest BCUT2D eigenvalue weighted by Crippen LogP contribution is 2.29. The topological polar surface area (TPSA) is 31.2 Å². The van der Waals surface area contributed by atoms with Crippen LogP contribution in [0, 0.1) is 0 Å². The first-order valence-corrected chi connectivity index (χ1v) is 5.63. The van der Waals surface area contributed by atoms with Crippen LogP contribution in [0.5, 0.6) is 0 Å². The number of hydrogen-bond donors (Lipinski definition) is 0. The predicted molar refractivity (Wildman–Crippen MR) is 71.7 cm³/mol.